The summed E-state index contributed by atoms with van der Waals surface area (Å²) in [6.45, 7) is 3.93. The lowest BCUT2D eigenvalue weighted by atomic mass is 9.91. The predicted octanol–water partition coefficient (Wildman–Crippen LogP) is 2.71. The van der Waals surface area contributed by atoms with E-state index < -0.39 is 14.9 Å². The molecule has 0 radical (unpaired) electrons. The van der Waals surface area contributed by atoms with E-state index in [-0.39, 0.29) is 0 Å². The van der Waals surface area contributed by atoms with Crippen molar-refractivity contribution in [3.05, 3.63) is 23.8 Å². The fraction of sp³-hybridized carbons (Fsp3) is 0.636. The highest BCUT2D eigenvalue weighted by atomic mass is 32.2. The monoisotopic (exact) mass is 230 g/mol. The molecule has 86 valence electrons. The van der Waals surface area contributed by atoms with Gasteiger partial charge in [-0.15, -0.1) is 0 Å². The van der Waals surface area contributed by atoms with Gasteiger partial charge >= 0.3 is 0 Å². The summed E-state index contributed by atoms with van der Waals surface area (Å²) in [7, 11) is -4.01. The van der Waals surface area contributed by atoms with Crippen LogP contribution in [0.4, 0.5) is 0 Å². The predicted molar refractivity (Wildman–Crippen MR) is 61.3 cm³/mol. The van der Waals surface area contributed by atoms with Crippen LogP contribution in [-0.4, -0.2) is 17.7 Å². The summed E-state index contributed by atoms with van der Waals surface area (Å²) in [5.74, 6) is 0. The van der Waals surface area contributed by atoms with Crippen molar-refractivity contribution in [3.8, 4) is 0 Å². The molecular weight excluding hydrogens is 212 g/mol. The molecule has 3 nitrogen and oxygen atoms in total. The first kappa shape index (κ1) is 12.5. The van der Waals surface area contributed by atoms with Crippen LogP contribution in [0.15, 0.2) is 23.8 Å². The Bertz CT molecular complexity index is 379. The number of unbranched alkanes of at least 4 members (excludes halogenated alkanes) is 1. The van der Waals surface area contributed by atoms with Crippen LogP contribution in [0.25, 0.3) is 0 Å². The quantitative estimate of drug-likeness (QED) is 0.755. The first-order valence-corrected chi connectivity index (χ1v) is 6.68. The molecule has 0 bridgehead atoms. The summed E-state index contributed by atoms with van der Waals surface area (Å²) in [6, 6.07) is 0. The summed E-state index contributed by atoms with van der Waals surface area (Å²) in [4.78, 5) is 0. The molecule has 0 amide bonds. The lowest BCUT2D eigenvalue weighted by Crippen LogP contribution is -2.37. The van der Waals surface area contributed by atoms with Crippen molar-refractivity contribution < 1.29 is 13.0 Å². The first-order chi connectivity index (χ1) is 6.91. The Balaban J connectivity index is 2.96. The summed E-state index contributed by atoms with van der Waals surface area (Å²) in [5.41, 5.74) is 1.05. The molecule has 15 heavy (non-hydrogen) atoms. The van der Waals surface area contributed by atoms with E-state index in [1.54, 1.807) is 12.2 Å². The molecule has 0 aromatic heterocycles. The smallest absolute Gasteiger partial charge is 0.274 e. The van der Waals surface area contributed by atoms with Gasteiger partial charge in [-0.2, -0.15) is 8.42 Å². The summed E-state index contributed by atoms with van der Waals surface area (Å²) in [6.07, 6.45) is 7.87. The Labute approximate surface area is 91.6 Å². The Morgan fingerprint density at radius 3 is 2.60 bits per heavy atom. The van der Waals surface area contributed by atoms with Crippen LogP contribution >= 0.6 is 0 Å². The van der Waals surface area contributed by atoms with Crippen molar-refractivity contribution in [1.29, 1.82) is 0 Å². The molecule has 1 aliphatic carbocycles. The van der Waals surface area contributed by atoms with Crippen LogP contribution in [0.2, 0.25) is 0 Å². The summed E-state index contributed by atoms with van der Waals surface area (Å²) in [5, 5.41) is 0. The van der Waals surface area contributed by atoms with Crippen LogP contribution in [0.5, 0.6) is 0 Å². The lowest BCUT2D eigenvalue weighted by Gasteiger charge is -2.28. The molecule has 1 rings (SSSR count). The second kappa shape index (κ2) is 4.49. The third kappa shape index (κ3) is 2.69. The minimum atomic E-state index is -4.01. The van der Waals surface area contributed by atoms with Crippen molar-refractivity contribution in [2.24, 2.45) is 0 Å². The molecule has 0 saturated heterocycles. The minimum absolute atomic E-state index is 0.383. The second-order valence-electron chi connectivity index (χ2n) is 4.13. The number of allylic oxidation sites excluding steroid dienone is 3. The Kier molecular flexibility index (Phi) is 3.73. The number of hydrogen-bond donors (Lipinski definition) is 1. The summed E-state index contributed by atoms with van der Waals surface area (Å²) < 4.78 is 31.0. The van der Waals surface area contributed by atoms with Gasteiger partial charge in [-0.25, -0.2) is 0 Å². The van der Waals surface area contributed by atoms with Crippen molar-refractivity contribution in [3.63, 3.8) is 0 Å². The van der Waals surface area contributed by atoms with Gasteiger partial charge < -0.3 is 0 Å². The molecular formula is C11H18O3S. The van der Waals surface area contributed by atoms with Crippen molar-refractivity contribution in [2.45, 2.75) is 44.3 Å². The van der Waals surface area contributed by atoms with Gasteiger partial charge in [0, 0.05) is 0 Å². The molecule has 1 N–H and O–H groups in total. The zero-order valence-corrected chi connectivity index (χ0v) is 10.0. The van der Waals surface area contributed by atoms with Crippen molar-refractivity contribution >= 4 is 10.1 Å². The average Bonchev–Trinajstić information content (AvgIpc) is 2.16. The maximum atomic E-state index is 11.4. The topological polar surface area (TPSA) is 54.4 Å². The molecule has 4 heteroatoms. The second-order valence-corrected chi connectivity index (χ2v) is 5.89. The van der Waals surface area contributed by atoms with E-state index in [1.807, 2.05) is 19.9 Å². The maximum absolute atomic E-state index is 11.4. The lowest BCUT2D eigenvalue weighted by molar-refractivity contribution is 0.430. The molecule has 1 unspecified atom stereocenters. The standard InChI is InChI=1S/C11H18O3S/c1-3-4-7-11(15(12,13)14)8-5-10(2)6-9-11/h5-6,8H,3-4,7,9H2,1-2H3,(H,12,13,14). The van der Waals surface area contributed by atoms with E-state index in [0.29, 0.717) is 12.8 Å². The third-order valence-corrected chi connectivity index (χ3v) is 4.42. The molecule has 1 aliphatic rings. The molecule has 0 fully saturated rings. The maximum Gasteiger partial charge on any atom is 0.274 e. The Hall–Kier alpha value is -0.610. The van der Waals surface area contributed by atoms with Crippen molar-refractivity contribution in [1.82, 2.24) is 0 Å². The molecule has 0 saturated carbocycles. The highest BCUT2D eigenvalue weighted by Gasteiger charge is 2.39. The van der Waals surface area contributed by atoms with E-state index in [1.165, 1.54) is 0 Å². The minimum Gasteiger partial charge on any atom is -0.285 e. The van der Waals surface area contributed by atoms with Crippen LogP contribution < -0.4 is 0 Å². The molecule has 1 atom stereocenters. The zero-order valence-electron chi connectivity index (χ0n) is 9.23. The van der Waals surface area contributed by atoms with Gasteiger partial charge in [0.1, 0.15) is 4.75 Å². The van der Waals surface area contributed by atoms with E-state index in [4.69, 9.17) is 0 Å². The number of rotatable bonds is 4. The van der Waals surface area contributed by atoms with E-state index in [0.717, 1.165) is 18.4 Å². The largest absolute Gasteiger partial charge is 0.285 e. The molecule has 0 aliphatic heterocycles. The highest BCUT2D eigenvalue weighted by molar-refractivity contribution is 7.87. The SMILES string of the molecule is CCCCC1(S(=O)(=O)O)C=CC(C)=CC1. The fourth-order valence-electron chi connectivity index (χ4n) is 1.73. The third-order valence-electron chi connectivity index (χ3n) is 2.89. The van der Waals surface area contributed by atoms with Crippen LogP contribution in [0.3, 0.4) is 0 Å². The molecule has 0 spiro atoms. The van der Waals surface area contributed by atoms with Crippen LogP contribution in [0.1, 0.15) is 39.5 Å². The van der Waals surface area contributed by atoms with Gasteiger partial charge in [0.25, 0.3) is 10.1 Å². The summed E-state index contributed by atoms with van der Waals surface area (Å²) >= 11 is 0. The zero-order chi connectivity index (χ0) is 11.5. The molecule has 0 heterocycles. The first-order valence-electron chi connectivity index (χ1n) is 5.24. The number of hydrogen-bond acceptors (Lipinski definition) is 2. The van der Waals surface area contributed by atoms with Gasteiger partial charge in [0.15, 0.2) is 0 Å². The van der Waals surface area contributed by atoms with E-state index >= 15 is 0 Å². The van der Waals surface area contributed by atoms with Gasteiger partial charge in [-0.3, -0.25) is 4.55 Å². The van der Waals surface area contributed by atoms with Crippen molar-refractivity contribution in [2.75, 3.05) is 0 Å². The van der Waals surface area contributed by atoms with Gasteiger partial charge in [-0.05, 0) is 19.8 Å². The van der Waals surface area contributed by atoms with Gasteiger partial charge in [-0.1, -0.05) is 43.6 Å². The Morgan fingerprint density at radius 2 is 2.20 bits per heavy atom. The van der Waals surface area contributed by atoms with E-state index in [9.17, 15) is 13.0 Å². The van der Waals surface area contributed by atoms with E-state index in [2.05, 4.69) is 0 Å². The molecule has 0 aromatic rings. The van der Waals surface area contributed by atoms with Gasteiger partial charge in [0.2, 0.25) is 0 Å². The average molecular weight is 230 g/mol. The van der Waals surface area contributed by atoms with Crippen LogP contribution in [-0.2, 0) is 10.1 Å². The normalized spacial score (nSPS) is 26.5. The van der Waals surface area contributed by atoms with Gasteiger partial charge in [0.05, 0.1) is 0 Å². The highest BCUT2D eigenvalue weighted by Crippen LogP contribution is 2.33. The Morgan fingerprint density at radius 1 is 1.53 bits per heavy atom. The van der Waals surface area contributed by atoms with Crippen LogP contribution in [0, 0.1) is 0 Å². The fourth-order valence-corrected chi connectivity index (χ4v) is 2.67. The molecule has 0 aromatic carbocycles.